The van der Waals surface area contributed by atoms with Crippen LogP contribution >= 0.6 is 11.8 Å². The maximum absolute atomic E-state index is 11.2. The van der Waals surface area contributed by atoms with E-state index in [0.717, 1.165) is 10.9 Å². The summed E-state index contributed by atoms with van der Waals surface area (Å²) < 4.78 is 0. The van der Waals surface area contributed by atoms with Crippen molar-refractivity contribution in [3.63, 3.8) is 0 Å². The van der Waals surface area contributed by atoms with Gasteiger partial charge in [0.2, 0.25) is 0 Å². The maximum Gasteiger partial charge on any atom is 0.127 e. The van der Waals surface area contributed by atoms with Crippen molar-refractivity contribution in [2.24, 2.45) is 5.92 Å². The third-order valence-electron chi connectivity index (χ3n) is 2.76. The molecule has 0 unspecified atom stereocenters. The van der Waals surface area contributed by atoms with Crippen molar-refractivity contribution < 1.29 is 9.90 Å². The van der Waals surface area contributed by atoms with Crippen molar-refractivity contribution in [2.75, 3.05) is 0 Å². The maximum atomic E-state index is 11.2. The van der Waals surface area contributed by atoms with Crippen LogP contribution in [0.5, 0.6) is 0 Å². The number of benzene rings is 1. The lowest BCUT2D eigenvalue weighted by molar-refractivity contribution is -0.305. The molecule has 19 heavy (non-hydrogen) atoms. The van der Waals surface area contributed by atoms with Crippen LogP contribution in [0.25, 0.3) is 10.9 Å². The molecule has 0 radical (unpaired) electrons. The third-order valence-corrected chi connectivity index (χ3v) is 4.28. The Labute approximate surface area is 116 Å². The molecule has 0 N–H and O–H groups in total. The smallest absolute Gasteiger partial charge is 0.127 e. The van der Waals surface area contributed by atoms with E-state index in [1.807, 2.05) is 38.1 Å². The van der Waals surface area contributed by atoms with E-state index in [4.69, 9.17) is 0 Å². The number of carbonyl (C=O) groups excluding carboxylic acids is 1. The van der Waals surface area contributed by atoms with Crippen molar-refractivity contribution >= 4 is 28.6 Å². The number of aryl methyl sites for hydroxylation is 1. The number of carboxylic acids is 1. The van der Waals surface area contributed by atoms with E-state index >= 15 is 0 Å². The van der Waals surface area contributed by atoms with Gasteiger partial charge in [-0.15, -0.1) is 0 Å². The van der Waals surface area contributed by atoms with Crippen molar-refractivity contribution in [3.8, 4) is 0 Å². The van der Waals surface area contributed by atoms with Gasteiger partial charge in [0.25, 0.3) is 0 Å². The average Bonchev–Trinajstić information content (AvgIpc) is 2.34. The van der Waals surface area contributed by atoms with Crippen molar-refractivity contribution in [2.45, 2.75) is 31.0 Å². The number of hydrogen-bond donors (Lipinski definition) is 0. The van der Waals surface area contributed by atoms with Gasteiger partial charge in [-0.2, -0.15) is 0 Å². The van der Waals surface area contributed by atoms with Crippen LogP contribution in [0.15, 0.2) is 29.3 Å². The van der Waals surface area contributed by atoms with Crippen LogP contribution < -0.4 is 5.11 Å². The summed E-state index contributed by atoms with van der Waals surface area (Å²) in [6.45, 7) is 5.54. The Morgan fingerprint density at radius 2 is 1.95 bits per heavy atom. The van der Waals surface area contributed by atoms with Crippen LogP contribution in [-0.2, 0) is 4.79 Å². The van der Waals surface area contributed by atoms with Gasteiger partial charge in [-0.1, -0.05) is 43.8 Å². The van der Waals surface area contributed by atoms with Crippen LogP contribution in [-0.4, -0.2) is 21.2 Å². The molecule has 1 aromatic heterocycles. The van der Waals surface area contributed by atoms with Crippen LogP contribution in [0.2, 0.25) is 0 Å². The number of para-hydroxylation sites is 1. The van der Waals surface area contributed by atoms with Gasteiger partial charge >= 0.3 is 0 Å². The number of aliphatic carboxylic acids is 1. The highest BCUT2D eigenvalue weighted by Crippen LogP contribution is 2.31. The minimum absolute atomic E-state index is 0.0240. The van der Waals surface area contributed by atoms with Crippen molar-refractivity contribution in [1.29, 1.82) is 0 Å². The second-order valence-electron chi connectivity index (χ2n) is 4.69. The fourth-order valence-corrected chi connectivity index (χ4v) is 2.92. The normalized spacial score (nSPS) is 12.8. The Hall–Kier alpha value is -1.62. The fraction of sp³-hybridized carbons (Fsp3) is 0.357. The molecule has 0 saturated carbocycles. The topological polar surface area (TPSA) is 65.9 Å². The molecule has 4 nitrogen and oxygen atoms in total. The molecule has 2 rings (SSSR count). The Balaban J connectivity index is 2.47. The number of rotatable bonds is 4. The summed E-state index contributed by atoms with van der Waals surface area (Å²) in [5, 5.41) is 12.2. The van der Waals surface area contributed by atoms with Gasteiger partial charge in [0.05, 0.1) is 16.7 Å². The molecular weight excluding hydrogens is 260 g/mol. The number of aromatic nitrogens is 2. The van der Waals surface area contributed by atoms with E-state index < -0.39 is 11.2 Å². The standard InChI is InChI=1S/C14H16N2O2S/c1-8(2)12(14(17)18)19-13-10-6-4-5-7-11(10)15-9(3)16-13/h4-8,12H,1-3H3,(H,17,18)/p-1/t12-/m0/s1. The SMILES string of the molecule is Cc1nc(S[C@H](C(=O)[O-])C(C)C)c2ccccc2n1. The predicted octanol–water partition coefficient (Wildman–Crippen LogP) is 1.80. The number of carbonyl (C=O) groups is 1. The second kappa shape index (κ2) is 5.57. The first kappa shape index (κ1) is 13.8. The van der Waals surface area contributed by atoms with Gasteiger partial charge in [-0.05, 0) is 18.9 Å². The molecule has 1 atom stereocenters. The summed E-state index contributed by atoms with van der Waals surface area (Å²) >= 11 is 1.24. The van der Waals surface area contributed by atoms with Gasteiger partial charge in [-0.25, -0.2) is 9.97 Å². The molecule has 0 fully saturated rings. The zero-order valence-corrected chi connectivity index (χ0v) is 11.9. The van der Waals surface area contributed by atoms with E-state index in [1.165, 1.54) is 11.8 Å². The highest BCUT2D eigenvalue weighted by atomic mass is 32.2. The van der Waals surface area contributed by atoms with Gasteiger partial charge in [-0.3, -0.25) is 0 Å². The van der Waals surface area contributed by atoms with E-state index in [-0.39, 0.29) is 5.92 Å². The number of fused-ring (bicyclic) bond motifs is 1. The molecule has 2 aromatic rings. The molecule has 0 aliphatic rings. The number of hydrogen-bond acceptors (Lipinski definition) is 5. The monoisotopic (exact) mass is 275 g/mol. The number of carboxylic acid groups (broad SMARTS) is 1. The first-order valence-electron chi connectivity index (χ1n) is 6.10. The lowest BCUT2D eigenvalue weighted by atomic mass is 10.1. The molecular formula is C14H15N2O2S-. The Morgan fingerprint density at radius 1 is 1.26 bits per heavy atom. The lowest BCUT2D eigenvalue weighted by Crippen LogP contribution is -2.36. The Bertz CT molecular complexity index is 613. The summed E-state index contributed by atoms with van der Waals surface area (Å²) in [4.78, 5) is 19.9. The van der Waals surface area contributed by atoms with E-state index in [2.05, 4.69) is 9.97 Å². The van der Waals surface area contributed by atoms with Crippen LogP contribution in [0.3, 0.4) is 0 Å². The Morgan fingerprint density at radius 3 is 2.58 bits per heavy atom. The molecule has 0 aliphatic heterocycles. The van der Waals surface area contributed by atoms with Gasteiger partial charge < -0.3 is 9.90 Å². The molecule has 1 heterocycles. The molecule has 1 aromatic carbocycles. The highest BCUT2D eigenvalue weighted by molar-refractivity contribution is 8.00. The van der Waals surface area contributed by atoms with E-state index in [1.54, 1.807) is 6.92 Å². The molecule has 0 saturated heterocycles. The second-order valence-corrected chi connectivity index (χ2v) is 5.82. The van der Waals surface area contributed by atoms with E-state index in [0.29, 0.717) is 10.9 Å². The summed E-state index contributed by atoms with van der Waals surface area (Å²) in [6.07, 6.45) is 0. The van der Waals surface area contributed by atoms with Crippen LogP contribution in [0.4, 0.5) is 0 Å². The van der Waals surface area contributed by atoms with Gasteiger partial charge in [0, 0.05) is 5.39 Å². The average molecular weight is 275 g/mol. The molecule has 0 amide bonds. The molecule has 5 heteroatoms. The van der Waals surface area contributed by atoms with Crippen molar-refractivity contribution in [1.82, 2.24) is 9.97 Å². The minimum atomic E-state index is -1.06. The molecule has 0 spiro atoms. The van der Waals surface area contributed by atoms with Crippen LogP contribution in [0, 0.1) is 12.8 Å². The minimum Gasteiger partial charge on any atom is -0.549 e. The molecule has 100 valence electrons. The zero-order chi connectivity index (χ0) is 14.0. The summed E-state index contributed by atoms with van der Waals surface area (Å²) in [6, 6.07) is 7.61. The lowest BCUT2D eigenvalue weighted by Gasteiger charge is -2.21. The Kier molecular flexibility index (Phi) is 4.04. The van der Waals surface area contributed by atoms with Crippen molar-refractivity contribution in [3.05, 3.63) is 30.1 Å². The number of nitrogens with zero attached hydrogens (tertiary/aromatic N) is 2. The zero-order valence-electron chi connectivity index (χ0n) is 11.1. The molecule has 0 aliphatic carbocycles. The highest BCUT2D eigenvalue weighted by Gasteiger charge is 2.18. The van der Waals surface area contributed by atoms with Gasteiger partial charge in [0.15, 0.2) is 0 Å². The third kappa shape index (κ3) is 3.04. The van der Waals surface area contributed by atoms with E-state index in [9.17, 15) is 9.90 Å². The van der Waals surface area contributed by atoms with Crippen LogP contribution in [0.1, 0.15) is 19.7 Å². The number of thioether (sulfide) groups is 1. The summed E-state index contributed by atoms with van der Waals surface area (Å²) in [7, 11) is 0. The first-order valence-corrected chi connectivity index (χ1v) is 6.98. The summed E-state index contributed by atoms with van der Waals surface area (Å²) in [5.41, 5.74) is 0.832. The summed E-state index contributed by atoms with van der Waals surface area (Å²) in [5.74, 6) is -0.438. The quantitative estimate of drug-likeness (QED) is 0.629. The first-order chi connectivity index (χ1) is 8.99. The fourth-order valence-electron chi connectivity index (χ4n) is 1.82. The predicted molar refractivity (Wildman–Crippen MR) is 73.8 cm³/mol. The van der Waals surface area contributed by atoms with Gasteiger partial charge in [0.1, 0.15) is 10.9 Å². The molecule has 0 bridgehead atoms. The largest absolute Gasteiger partial charge is 0.549 e.